The van der Waals surface area contributed by atoms with E-state index >= 15 is 0 Å². The summed E-state index contributed by atoms with van der Waals surface area (Å²) in [5.41, 5.74) is 2.54. The third kappa shape index (κ3) is 4.16. The zero-order valence-corrected chi connectivity index (χ0v) is 14.3. The molecular weight excluding hydrogens is 345 g/mol. The minimum Gasteiger partial charge on any atom is -0.352 e. The van der Waals surface area contributed by atoms with Crippen molar-refractivity contribution in [2.75, 3.05) is 6.54 Å². The number of fused-ring (bicyclic) bond motifs is 1. The van der Waals surface area contributed by atoms with Gasteiger partial charge < -0.3 is 9.72 Å². The van der Waals surface area contributed by atoms with E-state index in [9.17, 15) is 4.79 Å². The molecule has 0 saturated carbocycles. The minimum absolute atomic E-state index is 0.185. The number of benzene rings is 1. The van der Waals surface area contributed by atoms with E-state index in [1.807, 2.05) is 35.0 Å². The molecule has 0 atom stereocenters. The van der Waals surface area contributed by atoms with Crippen LogP contribution >= 0.6 is 23.2 Å². The molecule has 4 nitrogen and oxygen atoms in total. The van der Waals surface area contributed by atoms with Gasteiger partial charge in [0.25, 0.3) is 0 Å². The summed E-state index contributed by atoms with van der Waals surface area (Å²) in [4.78, 5) is 16.4. The Hall–Kier alpha value is -2.30. The number of nitrogens with one attached hydrogen (secondary N) is 1. The lowest BCUT2D eigenvalue weighted by molar-refractivity contribution is -0.116. The van der Waals surface area contributed by atoms with Gasteiger partial charge in [-0.15, -0.1) is 0 Å². The van der Waals surface area contributed by atoms with Crippen molar-refractivity contribution in [3.05, 3.63) is 76.2 Å². The zero-order chi connectivity index (χ0) is 16.9. The molecule has 122 valence electrons. The maximum absolute atomic E-state index is 11.9. The third-order valence-electron chi connectivity index (χ3n) is 3.47. The molecular formula is C18H15Cl2N3O. The van der Waals surface area contributed by atoms with Crippen LogP contribution in [-0.4, -0.2) is 21.8 Å². The number of pyridine rings is 1. The maximum Gasteiger partial charge on any atom is 0.244 e. The predicted octanol–water partition coefficient (Wildman–Crippen LogP) is 4.01. The van der Waals surface area contributed by atoms with Crippen LogP contribution in [0.15, 0.2) is 54.9 Å². The van der Waals surface area contributed by atoms with E-state index in [4.69, 9.17) is 23.2 Å². The van der Waals surface area contributed by atoms with Crippen LogP contribution in [0.2, 0.25) is 10.0 Å². The first-order chi connectivity index (χ1) is 11.6. The quantitative estimate of drug-likeness (QED) is 0.699. The van der Waals surface area contributed by atoms with E-state index in [-0.39, 0.29) is 5.91 Å². The maximum atomic E-state index is 11.9. The Kier molecular flexibility index (Phi) is 5.18. The highest BCUT2D eigenvalue weighted by Crippen LogP contribution is 2.21. The second kappa shape index (κ2) is 7.51. The van der Waals surface area contributed by atoms with Crippen LogP contribution in [0.1, 0.15) is 11.3 Å². The predicted molar refractivity (Wildman–Crippen MR) is 97.4 cm³/mol. The van der Waals surface area contributed by atoms with E-state index in [0.29, 0.717) is 28.6 Å². The number of hydrogen-bond donors (Lipinski definition) is 1. The fourth-order valence-electron chi connectivity index (χ4n) is 2.29. The van der Waals surface area contributed by atoms with Gasteiger partial charge >= 0.3 is 0 Å². The number of amides is 1. The SMILES string of the molecule is O=C(/C=C/c1cc(Cl)ccc1Cl)NCCc1cn2ccccc2n1. The monoisotopic (exact) mass is 359 g/mol. The van der Waals surface area contributed by atoms with Crippen molar-refractivity contribution in [1.82, 2.24) is 14.7 Å². The van der Waals surface area contributed by atoms with Gasteiger partial charge in [-0.05, 0) is 42.0 Å². The average Bonchev–Trinajstić information content (AvgIpc) is 2.98. The number of nitrogens with zero attached hydrogens (tertiary/aromatic N) is 2. The molecule has 0 aliphatic rings. The first-order valence-corrected chi connectivity index (χ1v) is 8.21. The molecule has 0 aliphatic carbocycles. The molecule has 0 saturated heterocycles. The number of hydrogen-bond acceptors (Lipinski definition) is 2. The fourth-order valence-corrected chi connectivity index (χ4v) is 2.65. The van der Waals surface area contributed by atoms with Crippen molar-refractivity contribution >= 4 is 40.8 Å². The summed E-state index contributed by atoms with van der Waals surface area (Å²) < 4.78 is 1.96. The summed E-state index contributed by atoms with van der Waals surface area (Å²) in [7, 11) is 0. The van der Waals surface area contributed by atoms with Gasteiger partial charge in [-0.3, -0.25) is 4.79 Å². The topological polar surface area (TPSA) is 46.4 Å². The van der Waals surface area contributed by atoms with Gasteiger partial charge in [0, 0.05) is 41.5 Å². The number of imidazole rings is 1. The van der Waals surface area contributed by atoms with Crippen molar-refractivity contribution in [2.24, 2.45) is 0 Å². The molecule has 1 aromatic carbocycles. The second-order valence-corrected chi connectivity index (χ2v) is 6.08. The summed E-state index contributed by atoms with van der Waals surface area (Å²) in [5.74, 6) is -0.185. The molecule has 1 N–H and O–H groups in total. The van der Waals surface area contributed by atoms with Crippen molar-refractivity contribution in [3.8, 4) is 0 Å². The average molecular weight is 360 g/mol. The Bertz CT molecular complexity index is 869. The summed E-state index contributed by atoms with van der Waals surface area (Å²) >= 11 is 12.0. The number of halogens is 2. The molecule has 3 aromatic rings. The third-order valence-corrected chi connectivity index (χ3v) is 4.05. The lowest BCUT2D eigenvalue weighted by Gasteiger charge is -2.01. The Morgan fingerprint density at radius 2 is 2.12 bits per heavy atom. The van der Waals surface area contributed by atoms with Gasteiger partial charge in [-0.25, -0.2) is 4.98 Å². The number of carbonyl (C=O) groups is 1. The highest BCUT2D eigenvalue weighted by molar-refractivity contribution is 6.34. The minimum atomic E-state index is -0.185. The van der Waals surface area contributed by atoms with E-state index < -0.39 is 0 Å². The van der Waals surface area contributed by atoms with Crippen LogP contribution in [0, 0.1) is 0 Å². The normalized spacial score (nSPS) is 11.2. The molecule has 2 aromatic heterocycles. The number of carbonyl (C=O) groups excluding carboxylic acids is 1. The summed E-state index contributed by atoms with van der Waals surface area (Å²) in [6.07, 6.45) is 7.67. The summed E-state index contributed by atoms with van der Waals surface area (Å²) in [6.45, 7) is 0.510. The Morgan fingerprint density at radius 1 is 1.25 bits per heavy atom. The van der Waals surface area contributed by atoms with Crippen molar-refractivity contribution < 1.29 is 4.79 Å². The first kappa shape index (κ1) is 16.6. The molecule has 3 rings (SSSR count). The highest BCUT2D eigenvalue weighted by Gasteiger charge is 2.02. The van der Waals surface area contributed by atoms with E-state index in [1.54, 1.807) is 24.3 Å². The Labute approximate surface area is 149 Å². The van der Waals surface area contributed by atoms with Crippen LogP contribution in [0.4, 0.5) is 0 Å². The van der Waals surface area contributed by atoms with Crippen LogP contribution in [0.25, 0.3) is 11.7 Å². The van der Waals surface area contributed by atoms with E-state index in [2.05, 4.69) is 10.3 Å². The van der Waals surface area contributed by atoms with Gasteiger partial charge in [0.15, 0.2) is 0 Å². The molecule has 1 amide bonds. The summed E-state index contributed by atoms with van der Waals surface area (Å²) in [5, 5.41) is 3.95. The second-order valence-electron chi connectivity index (χ2n) is 5.24. The van der Waals surface area contributed by atoms with Crippen LogP contribution in [0.3, 0.4) is 0 Å². The molecule has 0 radical (unpaired) electrons. The molecule has 6 heteroatoms. The van der Waals surface area contributed by atoms with E-state index in [0.717, 1.165) is 11.3 Å². The summed E-state index contributed by atoms with van der Waals surface area (Å²) in [6, 6.07) is 11.0. The van der Waals surface area contributed by atoms with Gasteiger partial charge in [-0.1, -0.05) is 29.3 Å². The van der Waals surface area contributed by atoms with Crippen LogP contribution in [0.5, 0.6) is 0 Å². The van der Waals surface area contributed by atoms with Crippen LogP contribution < -0.4 is 5.32 Å². The largest absolute Gasteiger partial charge is 0.352 e. The standard InChI is InChI=1S/C18H15Cl2N3O/c19-14-5-6-16(20)13(11-14)4-7-18(24)21-9-8-15-12-23-10-2-1-3-17(23)22-15/h1-7,10-12H,8-9H2,(H,21,24)/b7-4+. The van der Waals surface area contributed by atoms with Crippen molar-refractivity contribution in [2.45, 2.75) is 6.42 Å². The molecule has 0 fully saturated rings. The van der Waals surface area contributed by atoms with Gasteiger partial charge in [0.1, 0.15) is 5.65 Å². The Morgan fingerprint density at radius 3 is 2.96 bits per heavy atom. The van der Waals surface area contributed by atoms with Gasteiger partial charge in [-0.2, -0.15) is 0 Å². The molecule has 0 bridgehead atoms. The van der Waals surface area contributed by atoms with Crippen molar-refractivity contribution in [1.29, 1.82) is 0 Å². The van der Waals surface area contributed by atoms with E-state index in [1.165, 1.54) is 6.08 Å². The number of aromatic nitrogens is 2. The lowest BCUT2D eigenvalue weighted by atomic mass is 10.2. The highest BCUT2D eigenvalue weighted by atomic mass is 35.5. The molecule has 0 unspecified atom stereocenters. The van der Waals surface area contributed by atoms with Crippen molar-refractivity contribution in [3.63, 3.8) is 0 Å². The first-order valence-electron chi connectivity index (χ1n) is 7.45. The molecule has 0 aliphatic heterocycles. The smallest absolute Gasteiger partial charge is 0.244 e. The molecule has 2 heterocycles. The number of rotatable bonds is 5. The Balaban J connectivity index is 1.53. The van der Waals surface area contributed by atoms with Gasteiger partial charge in [0.05, 0.1) is 5.69 Å². The molecule has 0 spiro atoms. The fraction of sp³-hybridized carbons (Fsp3) is 0.111. The molecule has 24 heavy (non-hydrogen) atoms. The lowest BCUT2D eigenvalue weighted by Crippen LogP contribution is -2.23. The van der Waals surface area contributed by atoms with Crippen LogP contribution in [-0.2, 0) is 11.2 Å². The van der Waals surface area contributed by atoms with Gasteiger partial charge in [0.2, 0.25) is 5.91 Å². The zero-order valence-electron chi connectivity index (χ0n) is 12.7.